The van der Waals surface area contributed by atoms with Gasteiger partial charge in [0.05, 0.1) is 30.2 Å². The molecule has 2 aromatic heterocycles. The number of anilines is 2. The summed E-state index contributed by atoms with van der Waals surface area (Å²) in [5, 5.41) is 5.31. The highest BCUT2D eigenvalue weighted by Crippen LogP contribution is 2.26. The normalized spacial score (nSPS) is 13.2. The largest absolute Gasteiger partial charge is 0.447 e. The third kappa shape index (κ3) is 4.64. The Bertz CT molecular complexity index is 1280. The molecule has 0 spiro atoms. The van der Waals surface area contributed by atoms with Gasteiger partial charge in [0.2, 0.25) is 5.78 Å². The summed E-state index contributed by atoms with van der Waals surface area (Å²) in [7, 11) is 0. The van der Waals surface area contributed by atoms with Crippen molar-refractivity contribution in [1.82, 2.24) is 14.4 Å². The van der Waals surface area contributed by atoms with E-state index in [1.54, 1.807) is 36.7 Å². The molecule has 1 aromatic carbocycles. The van der Waals surface area contributed by atoms with Crippen molar-refractivity contribution in [2.24, 2.45) is 4.99 Å². The fourth-order valence-electron chi connectivity index (χ4n) is 3.11. The number of nitrogens with zero attached hydrogens (tertiary/aromatic N) is 4. The van der Waals surface area contributed by atoms with Gasteiger partial charge in [-0.1, -0.05) is 0 Å². The van der Waals surface area contributed by atoms with E-state index in [2.05, 4.69) is 25.6 Å². The molecule has 0 radical (unpaired) electrons. The van der Waals surface area contributed by atoms with Crippen LogP contribution in [-0.4, -0.2) is 44.7 Å². The number of hydrogen-bond donors (Lipinski definition) is 2. The van der Waals surface area contributed by atoms with E-state index in [4.69, 9.17) is 4.74 Å². The summed E-state index contributed by atoms with van der Waals surface area (Å²) >= 11 is 0. The molecule has 0 atom stereocenters. The number of fused-ring (bicyclic) bond motifs is 1. The first-order valence-corrected chi connectivity index (χ1v) is 9.94. The third-order valence-electron chi connectivity index (χ3n) is 4.51. The summed E-state index contributed by atoms with van der Waals surface area (Å²) in [5.41, 5.74) is 2.66. The summed E-state index contributed by atoms with van der Waals surface area (Å²) in [5.74, 6) is -0.545. The Kier molecular flexibility index (Phi) is 5.67. The number of aromatic nitrogens is 3. The molecule has 0 unspecified atom stereocenters. The van der Waals surface area contributed by atoms with Crippen LogP contribution in [0.4, 0.5) is 20.6 Å². The third-order valence-corrected chi connectivity index (χ3v) is 4.51. The lowest BCUT2D eigenvalue weighted by Gasteiger charge is -2.09. The van der Waals surface area contributed by atoms with Gasteiger partial charge < -0.3 is 10.1 Å². The number of halogens is 1. The van der Waals surface area contributed by atoms with Gasteiger partial charge in [0.1, 0.15) is 11.5 Å². The van der Waals surface area contributed by atoms with Gasteiger partial charge in [0.25, 0.3) is 5.91 Å². The van der Waals surface area contributed by atoms with E-state index in [0.717, 1.165) is 5.57 Å². The number of nitrogens with one attached hydrogen (secondary N) is 2. The molecule has 0 saturated heterocycles. The van der Waals surface area contributed by atoms with Gasteiger partial charge in [-0.15, -0.1) is 0 Å². The predicted octanol–water partition coefficient (Wildman–Crippen LogP) is 3.83. The molecule has 0 fully saturated rings. The van der Waals surface area contributed by atoms with E-state index in [-0.39, 0.29) is 17.6 Å². The second-order valence-electron chi connectivity index (χ2n) is 7.60. The first-order valence-electron chi connectivity index (χ1n) is 9.94. The number of rotatable bonds is 5. The monoisotopic (exact) mass is 436 g/mol. The van der Waals surface area contributed by atoms with Gasteiger partial charge in [-0.25, -0.2) is 19.2 Å². The zero-order valence-corrected chi connectivity index (χ0v) is 17.7. The molecule has 0 saturated carbocycles. The van der Waals surface area contributed by atoms with Crippen LogP contribution in [0.2, 0.25) is 0 Å². The number of carbonyl (C=O) groups is 2. The molecular formula is C22H21FN6O3. The Morgan fingerprint density at radius 3 is 2.72 bits per heavy atom. The fraction of sp³-hybridized carbons (Fsp3) is 0.227. The number of ether oxygens (including phenoxy) is 1. The molecule has 1 aliphatic heterocycles. The van der Waals surface area contributed by atoms with Gasteiger partial charge in [-0.3, -0.25) is 19.5 Å². The van der Waals surface area contributed by atoms with E-state index >= 15 is 0 Å². The van der Waals surface area contributed by atoms with E-state index in [0.29, 0.717) is 35.1 Å². The quantitative estimate of drug-likeness (QED) is 0.632. The Balaban J connectivity index is 1.57. The second-order valence-corrected chi connectivity index (χ2v) is 7.60. The summed E-state index contributed by atoms with van der Waals surface area (Å²) in [4.78, 5) is 36.8. The number of aliphatic imine (C=N–C) groups is 1. The molecule has 2 amide bonds. The smallest absolute Gasteiger partial charge is 0.411 e. The van der Waals surface area contributed by atoms with Crippen molar-refractivity contribution in [2.75, 3.05) is 17.2 Å². The van der Waals surface area contributed by atoms with E-state index in [9.17, 15) is 14.0 Å². The highest BCUT2D eigenvalue weighted by Gasteiger charge is 2.16. The van der Waals surface area contributed by atoms with Gasteiger partial charge in [-0.2, -0.15) is 0 Å². The van der Waals surface area contributed by atoms with Crippen molar-refractivity contribution in [3.05, 3.63) is 54.3 Å². The van der Waals surface area contributed by atoms with Gasteiger partial charge in [0, 0.05) is 23.6 Å². The van der Waals surface area contributed by atoms with E-state index < -0.39 is 11.9 Å². The molecule has 0 bridgehead atoms. The number of benzene rings is 1. The van der Waals surface area contributed by atoms with Gasteiger partial charge in [0.15, 0.2) is 0 Å². The second kappa shape index (κ2) is 8.58. The van der Waals surface area contributed by atoms with Crippen molar-refractivity contribution >= 4 is 34.9 Å². The molecular weight excluding hydrogens is 415 g/mol. The van der Waals surface area contributed by atoms with Crippen molar-refractivity contribution in [2.45, 2.75) is 26.9 Å². The summed E-state index contributed by atoms with van der Waals surface area (Å²) < 4.78 is 21.2. The average Bonchev–Trinajstić information content (AvgIpc) is 3.34. The highest BCUT2D eigenvalue weighted by molar-refractivity contribution is 6.47. The molecule has 3 aromatic rings. The minimum atomic E-state index is -0.604. The predicted molar refractivity (Wildman–Crippen MR) is 118 cm³/mol. The molecule has 2 N–H and O–H groups in total. The Labute approximate surface area is 183 Å². The van der Waals surface area contributed by atoms with Crippen molar-refractivity contribution < 1.29 is 18.7 Å². The average molecular weight is 436 g/mol. The summed E-state index contributed by atoms with van der Waals surface area (Å²) in [6.45, 7) is 5.88. The number of carbonyl (C=O) groups excluding carboxylic acids is 2. The lowest BCUT2D eigenvalue weighted by Crippen LogP contribution is -2.20. The number of hydrogen-bond acceptors (Lipinski definition) is 6. The minimum absolute atomic E-state index is 0.196. The standard InChI is InChI=1S/C22H21FN6O3/c1-12(2)32-22(31)27-15-9-25-21-28-19(11-29(21)10-15)16-7-14(4-5-17(16)23)26-20(30)18-6-13(3)8-24-18/h4-7,9-12H,8H2,1-3H3,(H,26,30)(H,27,31). The summed E-state index contributed by atoms with van der Waals surface area (Å²) in [6, 6.07) is 4.23. The van der Waals surface area contributed by atoms with Crippen molar-refractivity contribution in [3.8, 4) is 11.3 Å². The first kappa shape index (κ1) is 21.2. The molecule has 1 aliphatic rings. The Morgan fingerprint density at radius 1 is 1.19 bits per heavy atom. The van der Waals surface area contributed by atoms with E-state index in [1.165, 1.54) is 24.4 Å². The van der Waals surface area contributed by atoms with Crippen LogP contribution in [0.5, 0.6) is 0 Å². The zero-order chi connectivity index (χ0) is 22.8. The molecule has 4 rings (SSSR count). The van der Waals surface area contributed by atoms with Crippen LogP contribution in [-0.2, 0) is 9.53 Å². The molecule has 9 nitrogen and oxygen atoms in total. The van der Waals surface area contributed by atoms with Crippen molar-refractivity contribution in [1.29, 1.82) is 0 Å². The fourth-order valence-corrected chi connectivity index (χ4v) is 3.11. The van der Waals surface area contributed by atoms with Gasteiger partial charge in [-0.05, 0) is 50.6 Å². The number of amides is 2. The van der Waals surface area contributed by atoms with Crippen LogP contribution in [0.1, 0.15) is 20.8 Å². The lowest BCUT2D eigenvalue weighted by atomic mass is 10.1. The lowest BCUT2D eigenvalue weighted by molar-refractivity contribution is -0.110. The highest BCUT2D eigenvalue weighted by atomic mass is 19.1. The minimum Gasteiger partial charge on any atom is -0.447 e. The van der Waals surface area contributed by atoms with Crippen LogP contribution in [0, 0.1) is 5.82 Å². The van der Waals surface area contributed by atoms with Crippen LogP contribution in [0.3, 0.4) is 0 Å². The molecule has 3 heterocycles. The van der Waals surface area contributed by atoms with Crippen LogP contribution in [0.15, 0.2) is 53.4 Å². The van der Waals surface area contributed by atoms with Gasteiger partial charge >= 0.3 is 6.09 Å². The SMILES string of the molecule is CC1=CC(C(=O)Nc2ccc(F)c(-c3cn4cc(NC(=O)OC(C)C)cnc4n3)c2)=NC1. The Morgan fingerprint density at radius 2 is 2.00 bits per heavy atom. The van der Waals surface area contributed by atoms with Crippen LogP contribution < -0.4 is 10.6 Å². The van der Waals surface area contributed by atoms with E-state index in [1.807, 2.05) is 6.92 Å². The molecule has 10 heteroatoms. The Hall–Kier alpha value is -4.08. The maximum Gasteiger partial charge on any atom is 0.411 e. The first-order chi connectivity index (χ1) is 15.3. The molecule has 32 heavy (non-hydrogen) atoms. The maximum atomic E-state index is 14.6. The maximum absolute atomic E-state index is 14.6. The molecule has 164 valence electrons. The summed E-state index contributed by atoms with van der Waals surface area (Å²) in [6.07, 6.45) is 5.46. The van der Waals surface area contributed by atoms with Crippen LogP contribution >= 0.6 is 0 Å². The topological polar surface area (TPSA) is 110 Å². The number of imidazole rings is 1. The van der Waals surface area contributed by atoms with Crippen LogP contribution in [0.25, 0.3) is 17.0 Å². The van der Waals surface area contributed by atoms with Crippen molar-refractivity contribution in [3.63, 3.8) is 0 Å². The molecule has 0 aliphatic carbocycles. The zero-order valence-electron chi connectivity index (χ0n) is 17.7.